The van der Waals surface area contributed by atoms with Gasteiger partial charge >= 0.3 is 0 Å². The van der Waals surface area contributed by atoms with Crippen molar-refractivity contribution in [3.05, 3.63) is 16.1 Å². The van der Waals surface area contributed by atoms with Crippen LogP contribution in [0.3, 0.4) is 0 Å². The third kappa shape index (κ3) is 2.53. The van der Waals surface area contributed by atoms with Crippen molar-refractivity contribution in [2.45, 2.75) is 25.9 Å². The maximum atomic E-state index is 8.86. The summed E-state index contributed by atoms with van der Waals surface area (Å²) < 4.78 is 0. The molecule has 1 aliphatic heterocycles. The zero-order valence-electron chi connectivity index (χ0n) is 8.28. The monoisotopic (exact) mass is 212 g/mol. The van der Waals surface area contributed by atoms with Crippen LogP contribution in [0.15, 0.2) is 5.38 Å². The molecule has 2 heterocycles. The molecule has 1 saturated heterocycles. The van der Waals surface area contributed by atoms with Gasteiger partial charge in [0, 0.05) is 18.3 Å². The van der Waals surface area contributed by atoms with Crippen LogP contribution < -0.4 is 0 Å². The highest BCUT2D eigenvalue weighted by Crippen LogP contribution is 2.13. The molecule has 0 saturated carbocycles. The van der Waals surface area contributed by atoms with Crippen LogP contribution >= 0.6 is 11.3 Å². The molecular weight excluding hydrogens is 196 g/mol. The third-order valence-corrected chi connectivity index (χ3v) is 3.56. The molecule has 0 amide bonds. The van der Waals surface area contributed by atoms with E-state index in [1.165, 1.54) is 25.9 Å². The molecule has 0 atom stereocenters. The highest BCUT2D eigenvalue weighted by atomic mass is 32.1. The average Bonchev–Trinajstić information content (AvgIpc) is 2.86. The van der Waals surface area contributed by atoms with Crippen LogP contribution in [0.25, 0.3) is 0 Å². The van der Waals surface area contributed by atoms with E-state index in [-0.39, 0.29) is 6.61 Å². The van der Waals surface area contributed by atoms with E-state index < -0.39 is 0 Å². The van der Waals surface area contributed by atoms with Gasteiger partial charge in [-0.1, -0.05) is 0 Å². The summed E-state index contributed by atoms with van der Waals surface area (Å²) in [5, 5.41) is 12.0. The SMILES string of the molecule is OCc1csc(CCN2CCCC2)n1. The van der Waals surface area contributed by atoms with Crippen LogP contribution in [0.2, 0.25) is 0 Å². The summed E-state index contributed by atoms with van der Waals surface area (Å²) in [5.74, 6) is 0. The smallest absolute Gasteiger partial charge is 0.0942 e. The Labute approximate surface area is 88.4 Å². The van der Waals surface area contributed by atoms with Crippen molar-refractivity contribution < 1.29 is 5.11 Å². The molecule has 1 fully saturated rings. The normalized spacial score (nSPS) is 17.8. The lowest BCUT2D eigenvalue weighted by molar-refractivity contribution is 0.277. The molecule has 0 aliphatic carbocycles. The number of likely N-dealkylation sites (tertiary alicyclic amines) is 1. The average molecular weight is 212 g/mol. The molecule has 0 unspecified atom stereocenters. The van der Waals surface area contributed by atoms with Crippen molar-refractivity contribution in [3.63, 3.8) is 0 Å². The third-order valence-electron chi connectivity index (χ3n) is 2.60. The molecular formula is C10H16N2OS. The van der Waals surface area contributed by atoms with Crippen molar-refractivity contribution in [3.8, 4) is 0 Å². The molecule has 0 bridgehead atoms. The number of hydrogen-bond donors (Lipinski definition) is 1. The number of aliphatic hydroxyl groups is 1. The first-order valence-electron chi connectivity index (χ1n) is 5.15. The van der Waals surface area contributed by atoms with Crippen molar-refractivity contribution in [1.82, 2.24) is 9.88 Å². The standard InChI is InChI=1S/C10H16N2OS/c13-7-9-8-14-10(11-9)3-6-12-4-1-2-5-12/h8,13H,1-7H2. The summed E-state index contributed by atoms with van der Waals surface area (Å²) in [4.78, 5) is 6.82. The van der Waals surface area contributed by atoms with Crippen LogP contribution in [0.5, 0.6) is 0 Å². The van der Waals surface area contributed by atoms with Gasteiger partial charge in [-0.2, -0.15) is 0 Å². The summed E-state index contributed by atoms with van der Waals surface area (Å²) in [6, 6.07) is 0. The Hall–Kier alpha value is -0.450. The van der Waals surface area contributed by atoms with E-state index >= 15 is 0 Å². The molecule has 2 rings (SSSR count). The largest absolute Gasteiger partial charge is 0.390 e. The van der Waals surface area contributed by atoms with E-state index in [1.807, 2.05) is 5.38 Å². The van der Waals surface area contributed by atoms with Crippen molar-refractivity contribution >= 4 is 11.3 Å². The van der Waals surface area contributed by atoms with Crippen molar-refractivity contribution in [2.24, 2.45) is 0 Å². The van der Waals surface area contributed by atoms with Crippen LogP contribution in [0, 0.1) is 0 Å². The lowest BCUT2D eigenvalue weighted by atomic mass is 10.4. The molecule has 0 spiro atoms. The Bertz CT molecular complexity index is 281. The molecule has 78 valence electrons. The number of nitrogens with zero attached hydrogens (tertiary/aromatic N) is 2. The summed E-state index contributed by atoms with van der Waals surface area (Å²) in [6.07, 6.45) is 3.73. The van der Waals surface area contributed by atoms with Gasteiger partial charge in [0.25, 0.3) is 0 Å². The molecule has 1 N–H and O–H groups in total. The van der Waals surface area contributed by atoms with Gasteiger partial charge in [0.05, 0.1) is 17.3 Å². The molecule has 0 aromatic carbocycles. The Morgan fingerprint density at radius 3 is 2.86 bits per heavy atom. The number of rotatable bonds is 4. The lowest BCUT2D eigenvalue weighted by Crippen LogP contribution is -2.21. The maximum Gasteiger partial charge on any atom is 0.0942 e. The van der Waals surface area contributed by atoms with Gasteiger partial charge in [0.15, 0.2) is 0 Å². The fourth-order valence-corrected chi connectivity index (χ4v) is 2.57. The van der Waals surface area contributed by atoms with Gasteiger partial charge in [-0.3, -0.25) is 0 Å². The number of hydrogen-bond acceptors (Lipinski definition) is 4. The van der Waals surface area contributed by atoms with E-state index in [0.717, 1.165) is 23.7 Å². The number of thiazole rings is 1. The second kappa shape index (κ2) is 4.87. The zero-order chi connectivity index (χ0) is 9.80. The maximum absolute atomic E-state index is 8.86. The van der Waals surface area contributed by atoms with Gasteiger partial charge in [-0.05, 0) is 25.9 Å². The second-order valence-electron chi connectivity index (χ2n) is 3.69. The van der Waals surface area contributed by atoms with Gasteiger partial charge < -0.3 is 10.0 Å². The highest BCUT2D eigenvalue weighted by molar-refractivity contribution is 7.09. The lowest BCUT2D eigenvalue weighted by Gasteiger charge is -2.12. The second-order valence-corrected chi connectivity index (χ2v) is 4.63. The van der Waals surface area contributed by atoms with E-state index in [9.17, 15) is 0 Å². The molecule has 1 aromatic heterocycles. The first-order chi connectivity index (χ1) is 6.88. The van der Waals surface area contributed by atoms with Crippen molar-refractivity contribution in [1.29, 1.82) is 0 Å². The summed E-state index contributed by atoms with van der Waals surface area (Å²) in [6.45, 7) is 3.69. The number of aliphatic hydroxyl groups excluding tert-OH is 1. The van der Waals surface area contributed by atoms with Crippen LogP contribution in [-0.2, 0) is 13.0 Å². The minimum Gasteiger partial charge on any atom is -0.390 e. The van der Waals surface area contributed by atoms with E-state index in [1.54, 1.807) is 11.3 Å². The Morgan fingerprint density at radius 1 is 1.43 bits per heavy atom. The van der Waals surface area contributed by atoms with E-state index in [2.05, 4.69) is 9.88 Å². The first kappa shape index (κ1) is 10.1. The molecule has 0 radical (unpaired) electrons. The summed E-state index contributed by atoms with van der Waals surface area (Å²) in [5.41, 5.74) is 0.812. The molecule has 1 aromatic rings. The van der Waals surface area contributed by atoms with Gasteiger partial charge in [0.1, 0.15) is 0 Å². The Morgan fingerprint density at radius 2 is 2.21 bits per heavy atom. The fraction of sp³-hybridized carbons (Fsp3) is 0.700. The van der Waals surface area contributed by atoms with Gasteiger partial charge in [0.2, 0.25) is 0 Å². The molecule has 3 nitrogen and oxygen atoms in total. The Kier molecular flexibility index (Phi) is 3.50. The van der Waals surface area contributed by atoms with Crippen LogP contribution in [0.1, 0.15) is 23.5 Å². The van der Waals surface area contributed by atoms with Crippen LogP contribution in [0.4, 0.5) is 0 Å². The molecule has 4 heteroatoms. The van der Waals surface area contributed by atoms with E-state index in [0.29, 0.717) is 0 Å². The zero-order valence-corrected chi connectivity index (χ0v) is 9.09. The van der Waals surface area contributed by atoms with Gasteiger partial charge in [-0.15, -0.1) is 11.3 Å². The minimum atomic E-state index is 0.0697. The topological polar surface area (TPSA) is 36.4 Å². The van der Waals surface area contributed by atoms with Gasteiger partial charge in [-0.25, -0.2) is 4.98 Å². The molecule has 1 aliphatic rings. The minimum absolute atomic E-state index is 0.0697. The Balaban J connectivity index is 1.79. The van der Waals surface area contributed by atoms with Crippen molar-refractivity contribution in [2.75, 3.05) is 19.6 Å². The first-order valence-corrected chi connectivity index (χ1v) is 6.03. The quantitative estimate of drug-likeness (QED) is 0.816. The fourth-order valence-electron chi connectivity index (χ4n) is 1.80. The highest BCUT2D eigenvalue weighted by Gasteiger charge is 2.11. The summed E-state index contributed by atoms with van der Waals surface area (Å²) >= 11 is 1.66. The number of aromatic nitrogens is 1. The molecule has 14 heavy (non-hydrogen) atoms. The predicted octanol–water partition coefficient (Wildman–Crippen LogP) is 1.27. The van der Waals surface area contributed by atoms with E-state index in [4.69, 9.17) is 5.11 Å². The van der Waals surface area contributed by atoms with Crippen LogP contribution in [-0.4, -0.2) is 34.6 Å². The summed E-state index contributed by atoms with van der Waals surface area (Å²) in [7, 11) is 0. The predicted molar refractivity (Wildman–Crippen MR) is 57.4 cm³/mol.